The number of amidine groups is 1. The Morgan fingerprint density at radius 3 is 3.67 bits per heavy atom. The average Bonchev–Trinajstić information content (AvgIpc) is 2.62. The van der Waals surface area contributed by atoms with Gasteiger partial charge in [-0.1, -0.05) is 0 Å². The zero-order valence-corrected chi connectivity index (χ0v) is 6.60. The number of fused-ring (bicyclic) bond motifs is 3. The summed E-state index contributed by atoms with van der Waals surface area (Å²) in [5.74, 6) is 1.08. The molecule has 1 unspecified atom stereocenters. The van der Waals surface area contributed by atoms with E-state index in [0.29, 0.717) is 0 Å². The summed E-state index contributed by atoms with van der Waals surface area (Å²) in [5.41, 5.74) is 0. The number of hydrazone groups is 1. The van der Waals surface area contributed by atoms with Crippen molar-refractivity contribution in [3.05, 3.63) is 12.5 Å². The number of rotatable bonds is 0. The van der Waals surface area contributed by atoms with Crippen molar-refractivity contribution >= 4 is 5.84 Å². The third-order valence-electron chi connectivity index (χ3n) is 2.28. The highest BCUT2D eigenvalue weighted by molar-refractivity contribution is 5.86. The zero-order valence-electron chi connectivity index (χ0n) is 6.60. The monoisotopic (exact) mass is 166 g/mol. The van der Waals surface area contributed by atoms with Gasteiger partial charge in [0, 0.05) is 13.1 Å². The first-order valence-corrected chi connectivity index (χ1v) is 4.10. The molecule has 1 N–H and O–H groups in total. The second-order valence-electron chi connectivity index (χ2n) is 3.01. The third kappa shape index (κ3) is 0.687. The van der Waals surface area contributed by atoms with Crippen LogP contribution >= 0.6 is 0 Å². The Kier molecular flexibility index (Phi) is 1.12. The first kappa shape index (κ1) is 6.30. The molecule has 5 nitrogen and oxygen atoms in total. The summed E-state index contributed by atoms with van der Waals surface area (Å²) in [7, 11) is 0. The van der Waals surface area contributed by atoms with Gasteiger partial charge in [0.15, 0.2) is 0 Å². The predicted molar refractivity (Wildman–Crippen MR) is 42.9 cm³/mol. The van der Waals surface area contributed by atoms with Gasteiger partial charge in [-0.2, -0.15) is 5.10 Å². The Labute approximate surface area is 70.3 Å². The smallest absolute Gasteiger partial charge is 0.272 e. The minimum Gasteiger partial charge on any atom is -0.456 e. The summed E-state index contributed by atoms with van der Waals surface area (Å²) in [6.07, 6.45) is 3.55. The van der Waals surface area contributed by atoms with Gasteiger partial charge in [-0.3, -0.25) is 0 Å². The normalized spacial score (nSPS) is 31.3. The van der Waals surface area contributed by atoms with Gasteiger partial charge in [-0.15, -0.1) is 0 Å². The molecule has 0 aromatic rings. The second kappa shape index (κ2) is 2.13. The third-order valence-corrected chi connectivity index (χ3v) is 2.28. The van der Waals surface area contributed by atoms with Gasteiger partial charge >= 0.3 is 0 Å². The second-order valence-corrected chi connectivity index (χ2v) is 3.01. The lowest BCUT2D eigenvalue weighted by molar-refractivity contribution is -0.0187. The Morgan fingerprint density at radius 1 is 1.67 bits per heavy atom. The SMILES string of the molecule is C1=CN2N=C3CNCCN3C2O1. The van der Waals surface area contributed by atoms with Crippen LogP contribution in [0, 0.1) is 0 Å². The van der Waals surface area contributed by atoms with Crippen LogP contribution in [0.5, 0.6) is 0 Å². The molecule has 3 aliphatic rings. The number of nitrogens with zero attached hydrogens (tertiary/aromatic N) is 3. The quantitative estimate of drug-likeness (QED) is 0.517. The number of hydrogen-bond donors (Lipinski definition) is 1. The van der Waals surface area contributed by atoms with E-state index in [-0.39, 0.29) is 6.35 Å². The van der Waals surface area contributed by atoms with Crippen LogP contribution in [0.4, 0.5) is 0 Å². The highest BCUT2D eigenvalue weighted by Crippen LogP contribution is 2.23. The summed E-state index contributed by atoms with van der Waals surface area (Å²) >= 11 is 0. The molecule has 3 heterocycles. The molecule has 0 aromatic carbocycles. The molecule has 0 radical (unpaired) electrons. The number of ether oxygens (including phenoxy) is 1. The van der Waals surface area contributed by atoms with Crippen LogP contribution in [0.3, 0.4) is 0 Å². The van der Waals surface area contributed by atoms with E-state index in [1.54, 1.807) is 6.26 Å². The molecule has 3 aliphatic heterocycles. The molecule has 1 atom stereocenters. The summed E-state index contributed by atoms with van der Waals surface area (Å²) in [6.45, 7) is 2.83. The maximum Gasteiger partial charge on any atom is 0.272 e. The molecule has 0 saturated carbocycles. The Morgan fingerprint density at radius 2 is 2.67 bits per heavy atom. The van der Waals surface area contributed by atoms with Crippen LogP contribution in [0.2, 0.25) is 0 Å². The number of nitrogens with one attached hydrogen (secondary N) is 1. The van der Waals surface area contributed by atoms with Gasteiger partial charge in [-0.05, 0) is 0 Å². The van der Waals surface area contributed by atoms with Gasteiger partial charge in [-0.25, -0.2) is 5.01 Å². The molecule has 64 valence electrons. The van der Waals surface area contributed by atoms with E-state index in [2.05, 4.69) is 15.3 Å². The van der Waals surface area contributed by atoms with Crippen LogP contribution in [0.25, 0.3) is 0 Å². The van der Waals surface area contributed by atoms with Crippen molar-refractivity contribution in [3.8, 4) is 0 Å². The average molecular weight is 166 g/mol. The molecule has 1 fully saturated rings. The predicted octanol–water partition coefficient (Wildman–Crippen LogP) is -0.694. The lowest BCUT2D eigenvalue weighted by Crippen LogP contribution is -2.50. The Balaban J connectivity index is 1.91. The zero-order chi connectivity index (χ0) is 7.97. The largest absolute Gasteiger partial charge is 0.456 e. The van der Waals surface area contributed by atoms with Crippen molar-refractivity contribution in [3.63, 3.8) is 0 Å². The highest BCUT2D eigenvalue weighted by Gasteiger charge is 2.37. The van der Waals surface area contributed by atoms with E-state index in [0.717, 1.165) is 25.5 Å². The molecule has 12 heavy (non-hydrogen) atoms. The van der Waals surface area contributed by atoms with Gasteiger partial charge in [0.25, 0.3) is 6.35 Å². The van der Waals surface area contributed by atoms with Gasteiger partial charge in [0.2, 0.25) is 0 Å². The summed E-state index contributed by atoms with van der Waals surface area (Å²) in [5, 5.41) is 9.49. The van der Waals surface area contributed by atoms with Gasteiger partial charge in [0.1, 0.15) is 12.1 Å². The van der Waals surface area contributed by atoms with Crippen molar-refractivity contribution in [2.75, 3.05) is 19.6 Å². The first-order valence-electron chi connectivity index (χ1n) is 4.10. The summed E-state index contributed by atoms with van der Waals surface area (Å²) < 4.78 is 5.38. The van der Waals surface area contributed by atoms with Crippen molar-refractivity contribution in [1.29, 1.82) is 0 Å². The molecule has 3 rings (SSSR count). The van der Waals surface area contributed by atoms with E-state index < -0.39 is 0 Å². The minimum atomic E-state index is 0.00194. The van der Waals surface area contributed by atoms with Crippen molar-refractivity contribution in [1.82, 2.24) is 15.2 Å². The van der Waals surface area contributed by atoms with E-state index in [1.807, 2.05) is 11.2 Å². The first-order chi connectivity index (χ1) is 5.95. The van der Waals surface area contributed by atoms with E-state index in [9.17, 15) is 0 Å². The number of piperazine rings is 1. The molecule has 1 saturated heterocycles. The van der Waals surface area contributed by atoms with Gasteiger partial charge < -0.3 is 15.0 Å². The molecule has 0 amide bonds. The molecule has 5 heteroatoms. The molecular formula is C7H10N4O. The van der Waals surface area contributed by atoms with E-state index in [4.69, 9.17) is 4.74 Å². The fraction of sp³-hybridized carbons (Fsp3) is 0.571. The standard InChI is InChI=1S/C7H10N4O/c1-2-10-6(5-8-1)9-11-3-4-12-7(10)11/h3-4,7-8H,1-2,5H2. The molecule has 0 aromatic heterocycles. The highest BCUT2D eigenvalue weighted by atomic mass is 16.5. The summed E-state index contributed by atoms with van der Waals surface area (Å²) in [4.78, 5) is 2.18. The maximum absolute atomic E-state index is 5.38. The Bertz CT molecular complexity index is 262. The van der Waals surface area contributed by atoms with Crippen LogP contribution in [0.1, 0.15) is 0 Å². The molecule has 0 spiro atoms. The van der Waals surface area contributed by atoms with Crippen molar-refractivity contribution < 1.29 is 4.74 Å². The van der Waals surface area contributed by atoms with Crippen molar-refractivity contribution in [2.24, 2.45) is 5.10 Å². The molecule has 0 aliphatic carbocycles. The van der Waals surface area contributed by atoms with Crippen LogP contribution in [-0.4, -0.2) is 41.7 Å². The lowest BCUT2D eigenvalue weighted by atomic mass is 10.4. The lowest BCUT2D eigenvalue weighted by Gasteiger charge is -2.29. The molecular weight excluding hydrogens is 156 g/mol. The maximum atomic E-state index is 5.38. The Hall–Kier alpha value is -1.23. The topological polar surface area (TPSA) is 40.1 Å². The minimum absolute atomic E-state index is 0.00194. The van der Waals surface area contributed by atoms with Gasteiger partial charge in [0.05, 0.1) is 12.7 Å². The fourth-order valence-electron chi connectivity index (χ4n) is 1.70. The summed E-state index contributed by atoms with van der Waals surface area (Å²) in [6, 6.07) is 0. The van der Waals surface area contributed by atoms with Crippen molar-refractivity contribution in [2.45, 2.75) is 6.35 Å². The fourth-order valence-corrected chi connectivity index (χ4v) is 1.70. The number of hydrogen-bond acceptors (Lipinski definition) is 5. The molecule has 0 bridgehead atoms. The van der Waals surface area contributed by atoms with E-state index >= 15 is 0 Å². The van der Waals surface area contributed by atoms with Crippen LogP contribution in [-0.2, 0) is 4.74 Å². The van der Waals surface area contributed by atoms with E-state index in [1.165, 1.54) is 0 Å². The van der Waals surface area contributed by atoms with Crippen LogP contribution < -0.4 is 5.32 Å². The van der Waals surface area contributed by atoms with Crippen LogP contribution in [0.15, 0.2) is 17.6 Å².